The average Bonchev–Trinajstić information content (AvgIpc) is 3.34. The second-order valence-corrected chi connectivity index (χ2v) is 9.21. The Balaban J connectivity index is 1.71. The molecule has 0 spiro atoms. The number of hydrogen-bond acceptors (Lipinski definition) is 3. The van der Waals surface area contributed by atoms with Gasteiger partial charge in [0.1, 0.15) is 0 Å². The molecule has 1 aliphatic heterocycles. The predicted molar refractivity (Wildman–Crippen MR) is 141 cm³/mol. The number of carbonyl (C=O) groups is 1. The summed E-state index contributed by atoms with van der Waals surface area (Å²) in [5.74, 6) is -0.953. The van der Waals surface area contributed by atoms with Crippen molar-refractivity contribution in [3.05, 3.63) is 113 Å². The Bertz CT molecular complexity index is 1430. The average molecular weight is 483 g/mol. The lowest BCUT2D eigenvalue weighted by Crippen LogP contribution is -2.29. The summed E-state index contributed by atoms with van der Waals surface area (Å²) in [6.07, 6.45) is 1.79. The highest BCUT2D eigenvalue weighted by Gasteiger charge is 2.42. The monoisotopic (exact) mass is 482 g/mol. The molecule has 2 aromatic carbocycles. The molecule has 1 fully saturated rings. The Morgan fingerprint density at radius 1 is 1.00 bits per heavy atom. The molecule has 6 nitrogen and oxygen atoms in total. The number of aryl methyl sites for hydroxylation is 2. The topological polar surface area (TPSA) is 70.4 Å². The van der Waals surface area contributed by atoms with Crippen molar-refractivity contribution in [1.29, 1.82) is 0 Å². The third-order valence-corrected chi connectivity index (χ3v) is 6.86. The molecule has 2 unspecified atom stereocenters. The molecular weight excluding hydrogens is 456 g/mol. The van der Waals surface area contributed by atoms with Crippen LogP contribution in [0.1, 0.15) is 50.7 Å². The first-order chi connectivity index (χ1) is 16.9. The highest BCUT2D eigenvalue weighted by Crippen LogP contribution is 2.44. The van der Waals surface area contributed by atoms with Gasteiger partial charge >= 0.3 is 5.97 Å². The summed E-state index contributed by atoms with van der Waals surface area (Å²) in [4.78, 5) is 18.8. The number of nitrogens with one attached hydrogen (secondary N) is 1. The van der Waals surface area contributed by atoms with Crippen molar-refractivity contribution in [3.63, 3.8) is 0 Å². The van der Waals surface area contributed by atoms with E-state index in [2.05, 4.69) is 46.4 Å². The quantitative estimate of drug-likeness (QED) is 0.357. The number of carboxylic acids is 1. The number of aromatic carboxylic acids is 1. The van der Waals surface area contributed by atoms with Crippen molar-refractivity contribution in [2.45, 2.75) is 32.9 Å². The second kappa shape index (κ2) is 9.00. The number of carboxylic acid groups (broad SMARTS) is 1. The van der Waals surface area contributed by atoms with Crippen LogP contribution < -0.4 is 10.2 Å². The minimum absolute atomic E-state index is 0.170. The number of thiocarbonyl (C=S) groups is 1. The zero-order valence-electron chi connectivity index (χ0n) is 19.8. The smallest absolute Gasteiger partial charge is 0.337 e. The van der Waals surface area contributed by atoms with Gasteiger partial charge < -0.3 is 19.9 Å². The number of aromatic nitrogens is 2. The maximum atomic E-state index is 12.0. The Labute approximate surface area is 209 Å². The summed E-state index contributed by atoms with van der Waals surface area (Å²) in [7, 11) is 0. The van der Waals surface area contributed by atoms with Crippen LogP contribution in [-0.4, -0.2) is 25.7 Å². The molecule has 4 aromatic rings. The van der Waals surface area contributed by atoms with Crippen molar-refractivity contribution in [3.8, 4) is 5.69 Å². The Hall–Kier alpha value is -3.97. The molecule has 3 heterocycles. The van der Waals surface area contributed by atoms with Gasteiger partial charge in [-0.3, -0.25) is 4.98 Å². The number of para-hydroxylation sites is 1. The van der Waals surface area contributed by atoms with E-state index >= 15 is 0 Å². The third-order valence-electron chi connectivity index (χ3n) is 6.54. The van der Waals surface area contributed by atoms with E-state index in [4.69, 9.17) is 12.2 Å². The van der Waals surface area contributed by atoms with Gasteiger partial charge in [-0.05, 0) is 86.6 Å². The predicted octanol–water partition coefficient (Wildman–Crippen LogP) is 5.67. The van der Waals surface area contributed by atoms with Crippen LogP contribution >= 0.6 is 12.2 Å². The molecule has 1 aliphatic rings. The van der Waals surface area contributed by atoms with E-state index in [1.807, 2.05) is 54.8 Å². The van der Waals surface area contributed by atoms with E-state index < -0.39 is 5.97 Å². The molecule has 0 radical (unpaired) electrons. The van der Waals surface area contributed by atoms with Crippen LogP contribution in [0.15, 0.2) is 79.0 Å². The normalized spacial score (nSPS) is 17.5. The lowest BCUT2D eigenvalue weighted by molar-refractivity contribution is 0.0697. The van der Waals surface area contributed by atoms with E-state index in [9.17, 15) is 9.90 Å². The van der Waals surface area contributed by atoms with Gasteiger partial charge in [-0.1, -0.05) is 30.3 Å². The Morgan fingerprint density at radius 2 is 1.77 bits per heavy atom. The van der Waals surface area contributed by atoms with Gasteiger partial charge in [0.25, 0.3) is 0 Å². The molecule has 0 aliphatic carbocycles. The van der Waals surface area contributed by atoms with Crippen molar-refractivity contribution in [1.82, 2.24) is 14.9 Å². The molecule has 2 aromatic heterocycles. The van der Waals surface area contributed by atoms with Gasteiger partial charge in [0.05, 0.1) is 29.0 Å². The summed E-state index contributed by atoms with van der Waals surface area (Å²) < 4.78 is 2.02. The molecule has 2 atom stereocenters. The first kappa shape index (κ1) is 22.8. The van der Waals surface area contributed by atoms with Crippen LogP contribution in [-0.2, 0) is 0 Å². The molecule has 35 heavy (non-hydrogen) atoms. The molecule has 176 valence electrons. The first-order valence-corrected chi connectivity index (χ1v) is 11.9. The minimum atomic E-state index is -0.953. The maximum Gasteiger partial charge on any atom is 0.337 e. The highest BCUT2D eigenvalue weighted by atomic mass is 32.1. The number of anilines is 1. The Kier molecular flexibility index (Phi) is 5.86. The lowest BCUT2D eigenvalue weighted by Gasteiger charge is -2.28. The fraction of sp³-hybridized carbons (Fsp3) is 0.179. The number of benzene rings is 2. The summed E-state index contributed by atoms with van der Waals surface area (Å²) in [6, 6.07) is 23.1. The van der Waals surface area contributed by atoms with Gasteiger partial charge in [-0.15, -0.1) is 0 Å². The largest absolute Gasteiger partial charge is 0.478 e. The molecular formula is C28H26N4O2S. The Morgan fingerprint density at radius 3 is 2.49 bits per heavy atom. The second-order valence-electron chi connectivity index (χ2n) is 8.82. The molecule has 0 saturated carbocycles. The minimum Gasteiger partial charge on any atom is -0.478 e. The molecule has 7 heteroatoms. The zero-order valence-corrected chi connectivity index (χ0v) is 20.6. The summed E-state index contributed by atoms with van der Waals surface area (Å²) in [5.41, 5.74) is 6.93. The molecule has 2 N–H and O–H groups in total. The van der Waals surface area contributed by atoms with Gasteiger partial charge in [-0.2, -0.15) is 0 Å². The van der Waals surface area contributed by atoms with Gasteiger partial charge in [-0.25, -0.2) is 4.79 Å². The molecule has 1 saturated heterocycles. The van der Waals surface area contributed by atoms with Crippen molar-refractivity contribution in [2.24, 2.45) is 0 Å². The summed E-state index contributed by atoms with van der Waals surface area (Å²) in [6.45, 7) is 6.10. The molecule has 0 amide bonds. The fourth-order valence-electron chi connectivity index (χ4n) is 5.03. The van der Waals surface area contributed by atoms with E-state index in [1.54, 1.807) is 18.3 Å². The van der Waals surface area contributed by atoms with Crippen LogP contribution in [0.2, 0.25) is 0 Å². The van der Waals surface area contributed by atoms with Crippen LogP contribution in [0, 0.1) is 20.8 Å². The lowest BCUT2D eigenvalue weighted by atomic mass is 9.96. The fourth-order valence-corrected chi connectivity index (χ4v) is 5.38. The number of hydrogen-bond donors (Lipinski definition) is 2. The van der Waals surface area contributed by atoms with Crippen LogP contribution in [0.5, 0.6) is 0 Å². The van der Waals surface area contributed by atoms with E-state index in [1.165, 1.54) is 0 Å². The highest BCUT2D eigenvalue weighted by molar-refractivity contribution is 7.80. The maximum absolute atomic E-state index is 12.0. The zero-order chi connectivity index (χ0) is 24.7. The van der Waals surface area contributed by atoms with E-state index in [-0.39, 0.29) is 17.6 Å². The van der Waals surface area contributed by atoms with Gasteiger partial charge in [0.2, 0.25) is 0 Å². The molecule has 5 rings (SSSR count). The van der Waals surface area contributed by atoms with Gasteiger partial charge in [0.15, 0.2) is 5.11 Å². The van der Waals surface area contributed by atoms with Crippen molar-refractivity contribution < 1.29 is 9.90 Å². The van der Waals surface area contributed by atoms with Crippen LogP contribution in [0.3, 0.4) is 0 Å². The van der Waals surface area contributed by atoms with E-state index in [0.29, 0.717) is 10.8 Å². The van der Waals surface area contributed by atoms with Crippen molar-refractivity contribution >= 4 is 29.0 Å². The first-order valence-electron chi connectivity index (χ1n) is 11.5. The number of nitrogens with zero attached hydrogens (tertiary/aromatic N) is 3. The number of pyridine rings is 1. The van der Waals surface area contributed by atoms with Crippen molar-refractivity contribution in [2.75, 3.05) is 4.90 Å². The standard InChI is InChI=1S/C28H26N4O2S/c1-17-9-8-10-20(15-17)32-26(25(30-28(32)35)23-12-6-7-14-29-23)22-16-18(2)31(19(22)3)24-13-5-4-11-21(24)27(33)34/h4-16,25-26H,1-3H3,(H,30,35)(H,33,34). The molecule has 0 bridgehead atoms. The van der Waals surface area contributed by atoms with Gasteiger partial charge in [0, 0.05) is 23.3 Å². The summed E-state index contributed by atoms with van der Waals surface area (Å²) >= 11 is 5.85. The number of rotatable bonds is 5. The van der Waals surface area contributed by atoms with E-state index in [0.717, 1.165) is 33.9 Å². The van der Waals surface area contributed by atoms with Crippen LogP contribution in [0.25, 0.3) is 5.69 Å². The summed E-state index contributed by atoms with van der Waals surface area (Å²) in [5, 5.41) is 13.9. The third kappa shape index (κ3) is 3.98. The SMILES string of the molecule is Cc1cccc(N2C(=S)NC(c3ccccn3)C2c2cc(C)n(-c3ccccc3C(=O)O)c2C)c1. The van der Waals surface area contributed by atoms with Crippen LogP contribution in [0.4, 0.5) is 5.69 Å².